The molecule has 0 radical (unpaired) electrons. The van der Waals surface area contributed by atoms with Gasteiger partial charge in [-0.25, -0.2) is 0 Å². The Labute approximate surface area is 179 Å². The van der Waals surface area contributed by atoms with E-state index < -0.39 is 0 Å². The second-order valence-corrected chi connectivity index (χ2v) is 7.65. The van der Waals surface area contributed by atoms with Crippen LogP contribution in [0.1, 0.15) is 29.2 Å². The van der Waals surface area contributed by atoms with Crippen LogP contribution >= 0.6 is 0 Å². The number of hydrogen-bond acceptors (Lipinski definition) is 3. The lowest BCUT2D eigenvalue weighted by atomic mass is 10.1. The van der Waals surface area contributed by atoms with Gasteiger partial charge in [-0.15, -0.1) is 0 Å². The molecule has 0 aliphatic heterocycles. The van der Waals surface area contributed by atoms with Crippen molar-refractivity contribution in [2.24, 2.45) is 0 Å². The molecule has 0 heterocycles. The number of rotatable bonds is 10. The van der Waals surface area contributed by atoms with Gasteiger partial charge in [-0.05, 0) is 55.5 Å². The quantitative estimate of drug-likeness (QED) is 0.561. The zero-order chi connectivity index (χ0) is 22.1. The van der Waals surface area contributed by atoms with Crippen LogP contribution in [-0.4, -0.2) is 45.2 Å². The number of methoxy groups -OCH3 is 1. The predicted molar refractivity (Wildman–Crippen MR) is 121 cm³/mol. The van der Waals surface area contributed by atoms with Gasteiger partial charge in [0.25, 0.3) is 11.8 Å². The number of hydrogen-bond donors (Lipinski definition) is 3. The van der Waals surface area contributed by atoms with Crippen molar-refractivity contribution in [1.29, 1.82) is 0 Å². The number of carbonyl (C=O) groups excluding carboxylic acids is 2. The molecule has 6 nitrogen and oxygen atoms in total. The first kappa shape index (κ1) is 23.6. The van der Waals surface area contributed by atoms with Crippen molar-refractivity contribution < 1.29 is 19.2 Å². The van der Waals surface area contributed by atoms with Gasteiger partial charge in [-0.2, -0.15) is 0 Å². The van der Waals surface area contributed by atoms with Gasteiger partial charge in [0.2, 0.25) is 0 Å². The Bertz CT molecular complexity index is 880. The smallest absolute Gasteiger partial charge is 0.279 e. The summed E-state index contributed by atoms with van der Waals surface area (Å²) in [6, 6.07) is 11.8. The van der Waals surface area contributed by atoms with Crippen LogP contribution in [0.4, 0.5) is 11.4 Å². The van der Waals surface area contributed by atoms with Crippen LogP contribution in [0.15, 0.2) is 36.4 Å². The van der Waals surface area contributed by atoms with Gasteiger partial charge >= 0.3 is 0 Å². The largest absolute Gasteiger partial charge is 0.379 e. The van der Waals surface area contributed by atoms with Crippen molar-refractivity contribution in [3.63, 3.8) is 0 Å². The van der Waals surface area contributed by atoms with Crippen molar-refractivity contribution in [3.8, 4) is 0 Å². The molecule has 2 amide bonds. The van der Waals surface area contributed by atoms with Gasteiger partial charge < -0.3 is 20.3 Å². The molecule has 0 aliphatic carbocycles. The normalized spacial score (nSPS) is 11.8. The lowest BCUT2D eigenvalue weighted by Gasteiger charge is -2.20. The summed E-state index contributed by atoms with van der Waals surface area (Å²) in [4.78, 5) is 26.2. The molecule has 3 N–H and O–H groups in total. The lowest BCUT2D eigenvalue weighted by Crippen LogP contribution is -3.14. The maximum atomic E-state index is 12.7. The Morgan fingerprint density at radius 2 is 1.57 bits per heavy atom. The van der Waals surface area contributed by atoms with E-state index in [4.69, 9.17) is 4.74 Å². The van der Waals surface area contributed by atoms with Gasteiger partial charge in [0.15, 0.2) is 13.1 Å². The monoisotopic (exact) mass is 412 g/mol. The molecule has 2 aromatic carbocycles. The first-order valence-corrected chi connectivity index (χ1v) is 10.4. The third-order valence-electron chi connectivity index (χ3n) is 5.36. The van der Waals surface area contributed by atoms with Crippen LogP contribution in [0.2, 0.25) is 0 Å². The maximum absolute atomic E-state index is 12.7. The first-order chi connectivity index (χ1) is 14.3. The molecule has 2 aromatic rings. The lowest BCUT2D eigenvalue weighted by molar-refractivity contribution is -0.883. The highest BCUT2D eigenvalue weighted by Crippen LogP contribution is 2.20. The van der Waals surface area contributed by atoms with Crippen molar-refractivity contribution in [3.05, 3.63) is 58.7 Å². The molecular formula is C24H34N3O3+. The van der Waals surface area contributed by atoms with Crippen molar-refractivity contribution in [2.75, 3.05) is 44.0 Å². The molecule has 162 valence electrons. The molecule has 6 heteroatoms. The molecule has 0 saturated heterocycles. The molecule has 0 aliphatic rings. The van der Waals surface area contributed by atoms with Crippen molar-refractivity contribution in [2.45, 2.75) is 34.1 Å². The third-order valence-corrected chi connectivity index (χ3v) is 5.36. The summed E-state index contributed by atoms with van der Waals surface area (Å²) >= 11 is 0. The second-order valence-electron chi connectivity index (χ2n) is 7.65. The Kier molecular flexibility index (Phi) is 9.02. The van der Waals surface area contributed by atoms with E-state index in [2.05, 4.69) is 17.6 Å². The average molecular weight is 413 g/mol. The number of aryl methyl sites for hydroxylation is 3. The maximum Gasteiger partial charge on any atom is 0.279 e. The Balaban J connectivity index is 2.03. The first-order valence-electron chi connectivity index (χ1n) is 10.4. The number of anilines is 2. The molecule has 30 heavy (non-hydrogen) atoms. The minimum atomic E-state index is -0.118. The van der Waals surface area contributed by atoms with Crippen LogP contribution in [0.25, 0.3) is 0 Å². The van der Waals surface area contributed by atoms with E-state index >= 15 is 0 Å². The number of quaternary nitrogens is 1. The summed E-state index contributed by atoms with van der Waals surface area (Å²) in [7, 11) is 1.62. The zero-order valence-corrected chi connectivity index (χ0v) is 18.7. The summed E-state index contributed by atoms with van der Waals surface area (Å²) in [5, 5.41) is 6.02. The van der Waals surface area contributed by atoms with Crippen LogP contribution in [-0.2, 0) is 20.7 Å². The average Bonchev–Trinajstić information content (AvgIpc) is 2.71. The Morgan fingerprint density at radius 3 is 2.23 bits per heavy atom. The minimum Gasteiger partial charge on any atom is -0.379 e. The van der Waals surface area contributed by atoms with E-state index in [1.54, 1.807) is 7.11 Å². The standard InChI is InChI=1S/C24H33N3O3/c1-6-20-11-7-10-18(3)24(20)26-23(29)16-27(13-14-30-5)15-22(28)25-21-12-8-9-17(2)19(21)4/h7-12H,6,13-16H2,1-5H3,(H,25,28)(H,26,29)/p+1. The fourth-order valence-electron chi connectivity index (χ4n) is 3.41. The molecule has 0 saturated carbocycles. The van der Waals surface area contributed by atoms with Crippen molar-refractivity contribution >= 4 is 23.2 Å². The summed E-state index contributed by atoms with van der Waals surface area (Å²) in [5.74, 6) is -0.225. The van der Waals surface area contributed by atoms with Crippen molar-refractivity contribution in [1.82, 2.24) is 0 Å². The number of ether oxygens (including phenoxy) is 1. The van der Waals surface area contributed by atoms with Crippen LogP contribution in [0.3, 0.4) is 0 Å². The van der Waals surface area contributed by atoms with Gasteiger partial charge in [0.05, 0.1) is 6.61 Å². The highest BCUT2D eigenvalue weighted by molar-refractivity contribution is 5.94. The Hall–Kier alpha value is -2.70. The molecule has 1 atom stereocenters. The highest BCUT2D eigenvalue weighted by atomic mass is 16.5. The molecule has 0 bridgehead atoms. The second kappa shape index (κ2) is 11.5. The zero-order valence-electron chi connectivity index (χ0n) is 18.7. The summed E-state index contributed by atoms with van der Waals surface area (Å²) in [6.45, 7) is 9.49. The highest BCUT2D eigenvalue weighted by Gasteiger charge is 2.20. The van der Waals surface area contributed by atoms with Crippen LogP contribution < -0.4 is 15.5 Å². The van der Waals surface area contributed by atoms with Crippen LogP contribution in [0.5, 0.6) is 0 Å². The van der Waals surface area contributed by atoms with E-state index in [1.807, 2.05) is 57.2 Å². The van der Waals surface area contributed by atoms with E-state index in [0.29, 0.717) is 13.2 Å². The number of nitrogens with one attached hydrogen (secondary N) is 3. The fraction of sp³-hybridized carbons (Fsp3) is 0.417. The van der Waals surface area contributed by atoms with Gasteiger partial charge in [-0.1, -0.05) is 37.3 Å². The van der Waals surface area contributed by atoms with E-state index in [9.17, 15) is 9.59 Å². The SMILES string of the molecule is CCc1cccc(C)c1NC(=O)C[NH+](CCOC)CC(=O)Nc1cccc(C)c1C. The fourth-order valence-corrected chi connectivity index (χ4v) is 3.41. The number of benzene rings is 2. The summed E-state index contributed by atoms with van der Waals surface area (Å²) in [6.07, 6.45) is 0.843. The van der Waals surface area contributed by atoms with E-state index in [-0.39, 0.29) is 24.9 Å². The van der Waals surface area contributed by atoms with E-state index in [1.165, 1.54) is 0 Å². The molecular weight excluding hydrogens is 378 g/mol. The molecule has 0 fully saturated rings. The molecule has 0 spiro atoms. The molecule has 1 unspecified atom stereocenters. The van der Waals surface area contributed by atoms with Gasteiger partial charge in [0.1, 0.15) is 6.54 Å². The third kappa shape index (κ3) is 6.68. The summed E-state index contributed by atoms with van der Waals surface area (Å²) in [5.41, 5.74) is 6.00. The Morgan fingerprint density at radius 1 is 0.933 bits per heavy atom. The minimum absolute atomic E-state index is 0.107. The van der Waals surface area contributed by atoms with Gasteiger partial charge in [0, 0.05) is 18.5 Å². The number of amides is 2. The van der Waals surface area contributed by atoms with Gasteiger partial charge in [-0.3, -0.25) is 9.59 Å². The number of carbonyl (C=O) groups is 2. The van der Waals surface area contributed by atoms with Crippen LogP contribution in [0, 0.1) is 20.8 Å². The molecule has 2 rings (SSSR count). The van der Waals surface area contributed by atoms with E-state index in [0.717, 1.165) is 44.9 Å². The topological polar surface area (TPSA) is 71.9 Å². The summed E-state index contributed by atoms with van der Waals surface area (Å²) < 4.78 is 5.18. The predicted octanol–water partition coefficient (Wildman–Crippen LogP) is 2.28. The number of para-hydroxylation sites is 1. The molecule has 0 aromatic heterocycles.